The number of ether oxygens (including phenoxy) is 1. The summed E-state index contributed by atoms with van der Waals surface area (Å²) in [5.41, 5.74) is -0.931. The smallest absolute Gasteiger partial charge is 0.342 e. The number of hydrogen-bond donors (Lipinski definition) is 0. The van der Waals surface area contributed by atoms with Gasteiger partial charge < -0.3 is 9.15 Å². The molecule has 18 heavy (non-hydrogen) atoms. The fourth-order valence-corrected chi connectivity index (χ4v) is 1.64. The van der Waals surface area contributed by atoms with E-state index >= 15 is 0 Å². The van der Waals surface area contributed by atoms with Gasteiger partial charge in [-0.25, -0.2) is 9.18 Å². The number of halogens is 3. The molecule has 0 radical (unpaired) electrons. The van der Waals surface area contributed by atoms with Crippen molar-refractivity contribution in [3.63, 3.8) is 0 Å². The van der Waals surface area contributed by atoms with E-state index < -0.39 is 34.7 Å². The number of rotatable bonds is 2. The van der Waals surface area contributed by atoms with E-state index in [-0.39, 0.29) is 17.9 Å². The Labute approximate surface area is 99.4 Å². The average Bonchev–Trinajstić information content (AvgIpc) is 2.65. The van der Waals surface area contributed by atoms with Crippen molar-refractivity contribution in [3.8, 4) is 0 Å². The summed E-state index contributed by atoms with van der Waals surface area (Å²) in [6.07, 6.45) is 0. The van der Waals surface area contributed by atoms with Crippen LogP contribution >= 0.6 is 0 Å². The van der Waals surface area contributed by atoms with Gasteiger partial charge in [-0.3, -0.25) is 0 Å². The molecule has 0 aliphatic rings. The maximum Gasteiger partial charge on any atom is 0.342 e. The average molecular weight is 259 g/mol. The van der Waals surface area contributed by atoms with Crippen LogP contribution in [0.3, 0.4) is 0 Å². The summed E-state index contributed by atoms with van der Waals surface area (Å²) in [5, 5.41) is -0.587. The van der Waals surface area contributed by atoms with Crippen LogP contribution < -0.4 is 0 Å². The van der Waals surface area contributed by atoms with E-state index in [1.165, 1.54) is 6.92 Å². The number of aryl methyl sites for hydroxylation is 1. The second kappa shape index (κ2) is 4.32. The van der Waals surface area contributed by atoms with Crippen LogP contribution in [-0.4, -0.2) is 17.6 Å². The number of pyridine rings is 1. The van der Waals surface area contributed by atoms with Crippen LogP contribution in [-0.2, 0) is 4.74 Å². The van der Waals surface area contributed by atoms with E-state index in [9.17, 15) is 18.0 Å². The lowest BCUT2D eigenvalue weighted by atomic mass is 10.1. The zero-order valence-electron chi connectivity index (χ0n) is 9.51. The van der Waals surface area contributed by atoms with Gasteiger partial charge in [0.15, 0.2) is 11.4 Å². The van der Waals surface area contributed by atoms with Gasteiger partial charge >= 0.3 is 5.97 Å². The number of aromatic nitrogens is 1. The summed E-state index contributed by atoms with van der Waals surface area (Å²) in [7, 11) is 0. The first kappa shape index (κ1) is 12.4. The van der Waals surface area contributed by atoms with Gasteiger partial charge in [-0.1, -0.05) is 0 Å². The Morgan fingerprint density at radius 3 is 2.61 bits per heavy atom. The van der Waals surface area contributed by atoms with Crippen molar-refractivity contribution in [2.45, 2.75) is 13.8 Å². The summed E-state index contributed by atoms with van der Waals surface area (Å²) < 4.78 is 49.5. The van der Waals surface area contributed by atoms with Crippen LogP contribution in [0.4, 0.5) is 13.2 Å². The van der Waals surface area contributed by atoms with Crippen LogP contribution in [0.5, 0.6) is 0 Å². The number of fused-ring (bicyclic) bond motifs is 1. The molecule has 0 spiro atoms. The molecular formula is C11H8F3NO3. The van der Waals surface area contributed by atoms with Crippen LogP contribution in [0, 0.1) is 24.6 Å². The first-order chi connectivity index (χ1) is 8.47. The predicted octanol–water partition coefficient (Wildman–Crippen LogP) is 2.73. The van der Waals surface area contributed by atoms with Crippen molar-refractivity contribution in [1.82, 2.24) is 4.98 Å². The first-order valence-corrected chi connectivity index (χ1v) is 5.08. The minimum Gasteiger partial charge on any atom is -0.462 e. The molecular weight excluding hydrogens is 251 g/mol. The van der Waals surface area contributed by atoms with E-state index in [1.54, 1.807) is 6.92 Å². The molecule has 0 atom stereocenters. The number of furan rings is 1. The molecule has 2 rings (SSSR count). The summed E-state index contributed by atoms with van der Waals surface area (Å²) in [5.74, 6) is -5.36. The van der Waals surface area contributed by atoms with Crippen LogP contribution in [0.1, 0.15) is 23.0 Å². The third-order valence-electron chi connectivity index (χ3n) is 2.35. The molecule has 0 aliphatic heterocycles. The maximum atomic E-state index is 13.6. The molecule has 0 aliphatic carbocycles. The Hall–Kier alpha value is -2.05. The van der Waals surface area contributed by atoms with Gasteiger partial charge in [0.05, 0.1) is 12.0 Å². The number of carbonyl (C=O) groups is 1. The third-order valence-corrected chi connectivity index (χ3v) is 2.35. The number of esters is 1. The fraction of sp³-hybridized carbons (Fsp3) is 0.273. The van der Waals surface area contributed by atoms with Crippen molar-refractivity contribution < 1.29 is 27.1 Å². The summed E-state index contributed by atoms with van der Waals surface area (Å²) in [4.78, 5) is 14.3. The molecule has 0 amide bonds. The Balaban J connectivity index is 2.81. The van der Waals surface area contributed by atoms with Crippen molar-refractivity contribution in [1.29, 1.82) is 0 Å². The van der Waals surface area contributed by atoms with Crippen molar-refractivity contribution in [2.75, 3.05) is 6.61 Å². The molecule has 7 heteroatoms. The Morgan fingerprint density at radius 2 is 2.00 bits per heavy atom. The Morgan fingerprint density at radius 1 is 1.33 bits per heavy atom. The van der Waals surface area contributed by atoms with E-state index in [1.807, 2.05) is 0 Å². The summed E-state index contributed by atoms with van der Waals surface area (Å²) in [6, 6.07) is 0. The molecule has 2 aromatic rings. The first-order valence-electron chi connectivity index (χ1n) is 5.08. The third kappa shape index (κ3) is 1.71. The zero-order valence-corrected chi connectivity index (χ0v) is 9.51. The Bertz CT molecular complexity index is 636. The number of nitrogens with zero attached hydrogens (tertiary/aromatic N) is 1. The highest BCUT2D eigenvalue weighted by atomic mass is 19.2. The molecule has 2 aromatic heterocycles. The predicted molar refractivity (Wildman–Crippen MR) is 54.6 cm³/mol. The van der Waals surface area contributed by atoms with E-state index in [2.05, 4.69) is 9.72 Å². The van der Waals surface area contributed by atoms with Gasteiger partial charge in [0.1, 0.15) is 11.3 Å². The van der Waals surface area contributed by atoms with Gasteiger partial charge in [0.25, 0.3) is 11.9 Å². The highest BCUT2D eigenvalue weighted by Crippen LogP contribution is 2.30. The second-order valence-corrected chi connectivity index (χ2v) is 3.47. The Kier molecular flexibility index (Phi) is 2.98. The minimum atomic E-state index is -1.63. The lowest BCUT2D eigenvalue weighted by molar-refractivity contribution is 0.0526. The molecule has 0 bridgehead atoms. The second-order valence-electron chi connectivity index (χ2n) is 3.47. The van der Waals surface area contributed by atoms with E-state index in [4.69, 9.17) is 4.42 Å². The zero-order chi connectivity index (χ0) is 13.4. The lowest BCUT2D eigenvalue weighted by Crippen LogP contribution is -2.07. The van der Waals surface area contributed by atoms with Crippen LogP contribution in [0.2, 0.25) is 0 Å². The number of carbonyl (C=O) groups excluding carboxylic acids is 1. The minimum absolute atomic E-state index is 0.0443. The van der Waals surface area contributed by atoms with Gasteiger partial charge in [-0.05, 0) is 13.8 Å². The topological polar surface area (TPSA) is 52.3 Å². The van der Waals surface area contributed by atoms with Crippen molar-refractivity contribution in [3.05, 3.63) is 29.0 Å². The molecule has 0 N–H and O–H groups in total. The van der Waals surface area contributed by atoms with Crippen LogP contribution in [0.15, 0.2) is 4.42 Å². The molecule has 4 nitrogen and oxygen atoms in total. The van der Waals surface area contributed by atoms with E-state index in [0.29, 0.717) is 0 Å². The fourth-order valence-electron chi connectivity index (χ4n) is 1.64. The molecule has 0 saturated heterocycles. The highest BCUT2D eigenvalue weighted by molar-refractivity contribution is 6.04. The van der Waals surface area contributed by atoms with Gasteiger partial charge in [0.2, 0.25) is 0 Å². The SMILES string of the molecule is CCOC(=O)c1c(C)oc2c(F)nc(F)c(F)c12. The number of hydrogen-bond acceptors (Lipinski definition) is 4. The quantitative estimate of drug-likeness (QED) is 0.614. The standard InChI is InChI=1S/C11H8F3NO3/c1-3-17-11(16)5-4(2)18-8-6(5)7(12)9(13)15-10(8)14/h3H2,1-2H3. The molecule has 0 fully saturated rings. The summed E-state index contributed by atoms with van der Waals surface area (Å²) in [6.45, 7) is 2.92. The monoisotopic (exact) mass is 259 g/mol. The molecule has 0 saturated carbocycles. The van der Waals surface area contributed by atoms with Crippen molar-refractivity contribution in [2.24, 2.45) is 0 Å². The van der Waals surface area contributed by atoms with E-state index in [0.717, 1.165) is 0 Å². The molecule has 2 heterocycles. The molecule has 0 unspecified atom stereocenters. The maximum absolute atomic E-state index is 13.6. The summed E-state index contributed by atoms with van der Waals surface area (Å²) >= 11 is 0. The largest absolute Gasteiger partial charge is 0.462 e. The van der Waals surface area contributed by atoms with Gasteiger partial charge in [-0.15, -0.1) is 0 Å². The molecule has 96 valence electrons. The normalized spacial score (nSPS) is 10.9. The van der Waals surface area contributed by atoms with Gasteiger partial charge in [0, 0.05) is 0 Å². The van der Waals surface area contributed by atoms with Gasteiger partial charge in [-0.2, -0.15) is 13.8 Å². The highest BCUT2D eigenvalue weighted by Gasteiger charge is 2.27. The van der Waals surface area contributed by atoms with Crippen LogP contribution in [0.25, 0.3) is 11.0 Å². The molecule has 0 aromatic carbocycles. The lowest BCUT2D eigenvalue weighted by Gasteiger charge is -2.01. The van der Waals surface area contributed by atoms with Crippen molar-refractivity contribution >= 4 is 16.9 Å².